The Balaban J connectivity index is 2.40. The molecule has 5 heteroatoms. The van der Waals surface area contributed by atoms with Crippen molar-refractivity contribution in [2.75, 3.05) is 0 Å². The van der Waals surface area contributed by atoms with Crippen molar-refractivity contribution in [1.29, 1.82) is 0 Å². The zero-order valence-corrected chi connectivity index (χ0v) is 13.8. The van der Waals surface area contributed by atoms with Gasteiger partial charge in [0.25, 0.3) is 0 Å². The summed E-state index contributed by atoms with van der Waals surface area (Å²) in [6.45, 7) is 6.28. The van der Waals surface area contributed by atoms with Crippen LogP contribution in [0.2, 0.25) is 0 Å². The average molecular weight is 373 g/mol. The van der Waals surface area contributed by atoms with Crippen LogP contribution in [0.15, 0.2) is 22.8 Å². The number of benzene rings is 1. The molecule has 1 unspecified atom stereocenters. The van der Waals surface area contributed by atoms with Crippen molar-refractivity contribution in [3.63, 3.8) is 0 Å². The normalized spacial score (nSPS) is 12.7. The molecule has 0 saturated carbocycles. The fourth-order valence-corrected chi connectivity index (χ4v) is 2.25. The first-order valence-corrected chi connectivity index (χ1v) is 7.57. The van der Waals surface area contributed by atoms with Gasteiger partial charge in [-0.2, -0.15) is 0 Å². The van der Waals surface area contributed by atoms with Crippen LogP contribution in [0, 0.1) is 13.8 Å². The maximum atomic E-state index is 4.20. The Morgan fingerprint density at radius 1 is 1.28 bits per heavy atom. The van der Waals surface area contributed by atoms with Gasteiger partial charge in [-0.25, -0.2) is 4.68 Å². The van der Waals surface area contributed by atoms with Crippen molar-refractivity contribution >= 4 is 31.9 Å². The van der Waals surface area contributed by atoms with Crippen LogP contribution < -0.4 is 0 Å². The zero-order chi connectivity index (χ0) is 13.3. The zero-order valence-electron chi connectivity index (χ0n) is 10.6. The Hall–Kier alpha value is -0.680. The molecule has 0 aliphatic carbocycles. The second-order valence-corrected chi connectivity index (χ2v) is 6.26. The summed E-state index contributed by atoms with van der Waals surface area (Å²) in [5.41, 5.74) is 4.42. The summed E-state index contributed by atoms with van der Waals surface area (Å²) >= 11 is 7.16. The minimum atomic E-state index is 0.267. The highest BCUT2D eigenvalue weighted by Gasteiger charge is 2.11. The summed E-state index contributed by atoms with van der Waals surface area (Å²) in [5, 5.41) is 8.39. The Morgan fingerprint density at radius 3 is 2.44 bits per heavy atom. The summed E-state index contributed by atoms with van der Waals surface area (Å²) in [5.74, 6) is 0. The van der Waals surface area contributed by atoms with Gasteiger partial charge in [-0.05, 0) is 43.5 Å². The van der Waals surface area contributed by atoms with Crippen LogP contribution in [0.25, 0.3) is 5.69 Å². The van der Waals surface area contributed by atoms with E-state index in [1.165, 1.54) is 11.1 Å². The van der Waals surface area contributed by atoms with Crippen LogP contribution >= 0.6 is 31.9 Å². The van der Waals surface area contributed by atoms with Crippen molar-refractivity contribution < 1.29 is 0 Å². The molecule has 0 aliphatic heterocycles. The van der Waals surface area contributed by atoms with Gasteiger partial charge in [0.15, 0.2) is 0 Å². The topological polar surface area (TPSA) is 30.7 Å². The first-order valence-electron chi connectivity index (χ1n) is 5.86. The Morgan fingerprint density at radius 2 is 1.89 bits per heavy atom. The maximum absolute atomic E-state index is 4.20. The third-order valence-corrected chi connectivity index (χ3v) is 5.24. The summed E-state index contributed by atoms with van der Waals surface area (Å²) in [4.78, 5) is 0.267. The maximum Gasteiger partial charge on any atom is 0.0967 e. The molecule has 0 N–H and O–H groups in total. The monoisotopic (exact) mass is 371 g/mol. The number of rotatable bonds is 3. The van der Waals surface area contributed by atoms with Gasteiger partial charge in [0, 0.05) is 4.47 Å². The molecule has 0 radical (unpaired) electrons. The van der Waals surface area contributed by atoms with E-state index in [0.29, 0.717) is 0 Å². The second kappa shape index (κ2) is 5.53. The van der Waals surface area contributed by atoms with Crippen molar-refractivity contribution in [1.82, 2.24) is 15.0 Å². The molecule has 1 aromatic heterocycles. The van der Waals surface area contributed by atoms with E-state index >= 15 is 0 Å². The van der Waals surface area contributed by atoms with Crippen LogP contribution in [0.4, 0.5) is 0 Å². The fourth-order valence-electron chi connectivity index (χ4n) is 1.81. The number of halogens is 2. The van der Waals surface area contributed by atoms with E-state index in [0.717, 1.165) is 22.3 Å². The van der Waals surface area contributed by atoms with Crippen molar-refractivity contribution in [3.8, 4) is 5.69 Å². The summed E-state index contributed by atoms with van der Waals surface area (Å²) in [6.07, 6.45) is 2.97. The summed E-state index contributed by atoms with van der Waals surface area (Å²) < 4.78 is 2.98. The molecule has 0 fully saturated rings. The lowest BCUT2D eigenvalue weighted by molar-refractivity contribution is 0.789. The second-order valence-electron chi connectivity index (χ2n) is 4.36. The van der Waals surface area contributed by atoms with Crippen LogP contribution in [-0.2, 0) is 0 Å². The summed E-state index contributed by atoms with van der Waals surface area (Å²) in [7, 11) is 0. The lowest BCUT2D eigenvalue weighted by Crippen LogP contribution is -1.97. The first kappa shape index (κ1) is 13.7. The lowest BCUT2D eigenvalue weighted by atomic mass is 10.1. The van der Waals surface area contributed by atoms with E-state index in [1.807, 2.05) is 10.9 Å². The molecule has 2 rings (SSSR count). The minimum absolute atomic E-state index is 0.267. The number of hydrogen-bond acceptors (Lipinski definition) is 2. The van der Waals surface area contributed by atoms with Crippen LogP contribution in [0.1, 0.15) is 35.0 Å². The van der Waals surface area contributed by atoms with Gasteiger partial charge < -0.3 is 0 Å². The molecule has 0 amide bonds. The Labute approximate surface area is 124 Å². The van der Waals surface area contributed by atoms with Crippen molar-refractivity contribution in [2.45, 2.75) is 32.0 Å². The van der Waals surface area contributed by atoms with Crippen LogP contribution in [0.3, 0.4) is 0 Å². The van der Waals surface area contributed by atoms with Gasteiger partial charge in [-0.3, -0.25) is 0 Å². The van der Waals surface area contributed by atoms with E-state index < -0.39 is 0 Å². The van der Waals surface area contributed by atoms with Crippen molar-refractivity contribution in [3.05, 3.63) is 39.6 Å². The molecule has 18 heavy (non-hydrogen) atoms. The highest BCUT2D eigenvalue weighted by Crippen LogP contribution is 2.26. The van der Waals surface area contributed by atoms with Gasteiger partial charge in [0.2, 0.25) is 0 Å². The van der Waals surface area contributed by atoms with Gasteiger partial charge in [0.1, 0.15) is 0 Å². The van der Waals surface area contributed by atoms with Crippen LogP contribution in [0.5, 0.6) is 0 Å². The van der Waals surface area contributed by atoms with E-state index in [1.54, 1.807) is 0 Å². The van der Waals surface area contributed by atoms with E-state index in [2.05, 4.69) is 75.1 Å². The quantitative estimate of drug-likeness (QED) is 0.743. The number of alkyl halides is 1. The fraction of sp³-hybridized carbons (Fsp3) is 0.385. The van der Waals surface area contributed by atoms with Gasteiger partial charge >= 0.3 is 0 Å². The molecule has 1 atom stereocenters. The van der Waals surface area contributed by atoms with Gasteiger partial charge in [-0.15, -0.1) is 5.10 Å². The van der Waals surface area contributed by atoms with E-state index in [4.69, 9.17) is 0 Å². The molecule has 0 bridgehead atoms. The minimum Gasteiger partial charge on any atom is -0.220 e. The van der Waals surface area contributed by atoms with E-state index in [9.17, 15) is 0 Å². The van der Waals surface area contributed by atoms with Gasteiger partial charge in [0.05, 0.1) is 22.4 Å². The molecule has 1 heterocycles. The van der Waals surface area contributed by atoms with Crippen LogP contribution in [-0.4, -0.2) is 15.0 Å². The summed E-state index contributed by atoms with van der Waals surface area (Å²) in [6, 6.07) is 4.20. The number of nitrogens with zero attached hydrogens (tertiary/aromatic N) is 3. The average Bonchev–Trinajstić information content (AvgIpc) is 2.84. The third-order valence-electron chi connectivity index (χ3n) is 2.88. The molecular formula is C13H15Br2N3. The Bertz CT molecular complexity index is 540. The number of hydrogen-bond donors (Lipinski definition) is 0. The Kier molecular flexibility index (Phi) is 4.22. The smallest absolute Gasteiger partial charge is 0.0967 e. The SMILES string of the molecule is CCC(Br)c1cn(-c2cc(C)c(Br)c(C)c2)nn1. The first-order chi connectivity index (χ1) is 8.52. The molecule has 3 nitrogen and oxygen atoms in total. The lowest BCUT2D eigenvalue weighted by Gasteiger charge is -2.07. The standard InChI is InChI=1S/C13H15Br2N3/c1-4-11(14)12-7-18(17-16-12)10-5-8(2)13(15)9(3)6-10/h5-7,11H,4H2,1-3H3. The number of aromatic nitrogens is 3. The molecule has 0 spiro atoms. The number of aryl methyl sites for hydroxylation is 2. The highest BCUT2D eigenvalue weighted by molar-refractivity contribution is 9.10. The predicted octanol–water partition coefficient (Wildman–Crippen LogP) is 4.49. The molecule has 1 aromatic carbocycles. The molecular weight excluding hydrogens is 358 g/mol. The highest BCUT2D eigenvalue weighted by atomic mass is 79.9. The third kappa shape index (κ3) is 2.67. The molecule has 2 aromatic rings. The molecule has 0 aliphatic rings. The van der Waals surface area contributed by atoms with E-state index in [-0.39, 0.29) is 4.83 Å². The molecule has 96 valence electrons. The van der Waals surface area contributed by atoms with Crippen molar-refractivity contribution in [2.24, 2.45) is 0 Å². The molecule has 0 saturated heterocycles. The predicted molar refractivity (Wildman–Crippen MR) is 80.5 cm³/mol. The largest absolute Gasteiger partial charge is 0.220 e. The van der Waals surface area contributed by atoms with Gasteiger partial charge in [-0.1, -0.05) is 44.0 Å².